The molecule has 1 aromatic rings. The lowest BCUT2D eigenvalue weighted by Gasteiger charge is -2.18. The van der Waals surface area contributed by atoms with Gasteiger partial charge in [0.25, 0.3) is 5.91 Å². The van der Waals surface area contributed by atoms with Crippen LogP contribution in [0.3, 0.4) is 0 Å². The highest BCUT2D eigenvalue weighted by atomic mass is 35.5. The number of amides is 1. The Balaban J connectivity index is 2.98. The quantitative estimate of drug-likeness (QED) is 0.745. The van der Waals surface area contributed by atoms with Crippen molar-refractivity contribution in [2.24, 2.45) is 5.92 Å². The molecule has 1 amide bonds. The largest absolute Gasteiger partial charge is 0.480 e. The van der Waals surface area contributed by atoms with Crippen LogP contribution in [0.2, 0.25) is 10.0 Å². The number of carboxylic acid groups (broad SMARTS) is 1. The summed E-state index contributed by atoms with van der Waals surface area (Å²) in [5.74, 6) is -1.91. The number of nitrogens with one attached hydrogen (secondary N) is 1. The first kappa shape index (κ1) is 15.6. The van der Waals surface area contributed by atoms with Gasteiger partial charge in [0.2, 0.25) is 0 Å². The monoisotopic (exact) mass is 304 g/mol. The Morgan fingerprint density at radius 2 is 1.74 bits per heavy atom. The molecule has 104 valence electrons. The molecule has 0 heterocycles. The summed E-state index contributed by atoms with van der Waals surface area (Å²) in [6.07, 6.45) is 0. The van der Waals surface area contributed by atoms with E-state index in [-0.39, 0.29) is 27.2 Å². The third kappa shape index (κ3) is 3.75. The van der Waals surface area contributed by atoms with Crippen LogP contribution in [-0.4, -0.2) is 23.0 Å². The van der Waals surface area contributed by atoms with Gasteiger partial charge in [-0.1, -0.05) is 37.0 Å². The van der Waals surface area contributed by atoms with Crippen LogP contribution in [-0.2, 0) is 4.79 Å². The van der Waals surface area contributed by atoms with Crippen LogP contribution in [0.25, 0.3) is 0 Å². The van der Waals surface area contributed by atoms with Crippen molar-refractivity contribution in [3.05, 3.63) is 27.7 Å². The number of carbonyl (C=O) groups is 2. The summed E-state index contributed by atoms with van der Waals surface area (Å²) in [6.45, 7) is 3.39. The smallest absolute Gasteiger partial charge is 0.326 e. The fourth-order valence-electron chi connectivity index (χ4n) is 1.45. The Bertz CT molecular complexity index is 495. The van der Waals surface area contributed by atoms with Crippen molar-refractivity contribution in [2.75, 3.05) is 5.73 Å². The topological polar surface area (TPSA) is 92.4 Å². The number of halogens is 2. The summed E-state index contributed by atoms with van der Waals surface area (Å²) >= 11 is 11.6. The van der Waals surface area contributed by atoms with Gasteiger partial charge in [0.15, 0.2) is 0 Å². The summed E-state index contributed by atoms with van der Waals surface area (Å²) in [5, 5.41) is 11.7. The Kier molecular flexibility index (Phi) is 5.03. The van der Waals surface area contributed by atoms with Gasteiger partial charge in [0.05, 0.1) is 15.7 Å². The Morgan fingerprint density at radius 1 is 1.26 bits per heavy atom. The molecular weight excluding hydrogens is 291 g/mol. The lowest BCUT2D eigenvalue weighted by Crippen LogP contribution is -2.44. The summed E-state index contributed by atoms with van der Waals surface area (Å²) in [4.78, 5) is 23.0. The highest BCUT2D eigenvalue weighted by Gasteiger charge is 2.24. The normalized spacial score (nSPS) is 12.3. The molecule has 0 aliphatic heterocycles. The molecule has 0 aliphatic rings. The van der Waals surface area contributed by atoms with Crippen LogP contribution in [0.4, 0.5) is 5.69 Å². The van der Waals surface area contributed by atoms with Crippen LogP contribution < -0.4 is 11.1 Å². The SMILES string of the molecule is CC(C)[C@H](NC(=O)c1cc(Cl)c(N)c(Cl)c1)C(=O)O. The molecular formula is C12H14Cl2N2O3. The molecule has 1 atom stereocenters. The van der Waals surface area contributed by atoms with Gasteiger partial charge in [-0.3, -0.25) is 4.79 Å². The second-order valence-corrected chi connectivity index (χ2v) is 5.20. The van der Waals surface area contributed by atoms with E-state index in [1.807, 2.05) is 0 Å². The van der Waals surface area contributed by atoms with Gasteiger partial charge in [-0.25, -0.2) is 4.79 Å². The zero-order chi connectivity index (χ0) is 14.7. The van der Waals surface area contributed by atoms with E-state index in [0.717, 1.165) is 0 Å². The highest BCUT2D eigenvalue weighted by molar-refractivity contribution is 6.39. The lowest BCUT2D eigenvalue weighted by atomic mass is 10.0. The van der Waals surface area contributed by atoms with Gasteiger partial charge >= 0.3 is 5.97 Å². The standard InChI is InChI=1S/C12H14Cl2N2O3/c1-5(2)10(12(18)19)16-11(17)6-3-7(13)9(15)8(14)4-6/h3-5,10H,15H2,1-2H3,(H,16,17)(H,18,19)/t10-/m0/s1. The van der Waals surface area contributed by atoms with Crippen molar-refractivity contribution in [1.29, 1.82) is 0 Å². The molecule has 19 heavy (non-hydrogen) atoms. The molecule has 0 bridgehead atoms. The average molecular weight is 305 g/mol. The van der Waals surface area contributed by atoms with Crippen LogP contribution in [0, 0.1) is 5.92 Å². The predicted molar refractivity (Wildman–Crippen MR) is 74.6 cm³/mol. The van der Waals surface area contributed by atoms with E-state index in [1.54, 1.807) is 13.8 Å². The van der Waals surface area contributed by atoms with Gasteiger partial charge in [0, 0.05) is 5.56 Å². The number of aliphatic carboxylic acids is 1. The van der Waals surface area contributed by atoms with Gasteiger partial charge in [0.1, 0.15) is 6.04 Å². The van der Waals surface area contributed by atoms with Crippen molar-refractivity contribution in [3.63, 3.8) is 0 Å². The summed E-state index contributed by atoms with van der Waals surface area (Å²) < 4.78 is 0. The van der Waals surface area contributed by atoms with Crippen molar-refractivity contribution in [3.8, 4) is 0 Å². The van der Waals surface area contributed by atoms with Crippen molar-refractivity contribution in [2.45, 2.75) is 19.9 Å². The third-order valence-electron chi connectivity index (χ3n) is 2.56. The first-order valence-corrected chi connectivity index (χ1v) is 6.27. The summed E-state index contributed by atoms with van der Waals surface area (Å²) in [7, 11) is 0. The maximum absolute atomic E-state index is 11.9. The number of benzene rings is 1. The number of carbonyl (C=O) groups excluding carboxylic acids is 1. The van der Waals surface area contributed by atoms with E-state index in [9.17, 15) is 9.59 Å². The zero-order valence-corrected chi connectivity index (χ0v) is 11.9. The minimum atomic E-state index is -1.10. The molecule has 0 saturated heterocycles. The minimum Gasteiger partial charge on any atom is -0.480 e. The second-order valence-electron chi connectivity index (χ2n) is 4.39. The summed E-state index contributed by atoms with van der Waals surface area (Å²) in [5.41, 5.74) is 5.90. The van der Waals surface area contributed by atoms with Crippen LogP contribution in [0.1, 0.15) is 24.2 Å². The molecule has 4 N–H and O–H groups in total. The molecule has 0 unspecified atom stereocenters. The molecule has 0 radical (unpaired) electrons. The molecule has 5 nitrogen and oxygen atoms in total. The fraction of sp³-hybridized carbons (Fsp3) is 0.333. The van der Waals surface area contributed by atoms with Gasteiger partial charge in [-0.2, -0.15) is 0 Å². The van der Waals surface area contributed by atoms with Gasteiger partial charge < -0.3 is 16.2 Å². The van der Waals surface area contributed by atoms with E-state index in [2.05, 4.69) is 5.32 Å². The highest BCUT2D eigenvalue weighted by Crippen LogP contribution is 2.28. The number of carboxylic acids is 1. The predicted octanol–water partition coefficient (Wildman–Crippen LogP) is 2.41. The van der Waals surface area contributed by atoms with Gasteiger partial charge in [-0.15, -0.1) is 0 Å². The molecule has 1 aromatic carbocycles. The van der Waals surface area contributed by atoms with E-state index in [0.29, 0.717) is 0 Å². The maximum atomic E-state index is 11.9. The maximum Gasteiger partial charge on any atom is 0.326 e. The molecule has 1 rings (SSSR count). The number of nitrogens with two attached hydrogens (primary N) is 1. The minimum absolute atomic E-state index is 0.147. The van der Waals surface area contributed by atoms with E-state index >= 15 is 0 Å². The van der Waals surface area contributed by atoms with E-state index in [1.165, 1.54) is 12.1 Å². The Hall–Kier alpha value is -1.46. The van der Waals surface area contributed by atoms with Crippen molar-refractivity contribution >= 4 is 40.8 Å². The number of nitrogen functional groups attached to an aromatic ring is 1. The fourth-order valence-corrected chi connectivity index (χ4v) is 1.94. The van der Waals surface area contributed by atoms with Crippen LogP contribution in [0.5, 0.6) is 0 Å². The first-order chi connectivity index (χ1) is 8.73. The molecule has 0 aromatic heterocycles. The molecule has 0 spiro atoms. The van der Waals surface area contributed by atoms with Crippen molar-refractivity contribution < 1.29 is 14.7 Å². The first-order valence-electron chi connectivity index (χ1n) is 5.52. The van der Waals surface area contributed by atoms with E-state index in [4.69, 9.17) is 34.0 Å². The average Bonchev–Trinajstić information content (AvgIpc) is 2.31. The third-order valence-corrected chi connectivity index (χ3v) is 3.19. The second kappa shape index (κ2) is 6.12. The van der Waals surface area contributed by atoms with Gasteiger partial charge in [-0.05, 0) is 18.1 Å². The molecule has 0 aliphatic carbocycles. The van der Waals surface area contributed by atoms with Crippen LogP contribution >= 0.6 is 23.2 Å². The number of rotatable bonds is 4. The number of hydrogen-bond acceptors (Lipinski definition) is 3. The van der Waals surface area contributed by atoms with Crippen LogP contribution in [0.15, 0.2) is 12.1 Å². The zero-order valence-electron chi connectivity index (χ0n) is 10.4. The number of hydrogen-bond donors (Lipinski definition) is 3. The molecule has 0 fully saturated rings. The Labute approximate surface area is 120 Å². The summed E-state index contributed by atoms with van der Waals surface area (Å²) in [6, 6.07) is 1.71. The van der Waals surface area contributed by atoms with E-state index < -0.39 is 17.9 Å². The molecule has 0 saturated carbocycles. The molecule has 7 heteroatoms. The Morgan fingerprint density at radius 3 is 2.11 bits per heavy atom. The van der Waals surface area contributed by atoms with Crippen molar-refractivity contribution in [1.82, 2.24) is 5.32 Å². The number of anilines is 1. The lowest BCUT2D eigenvalue weighted by molar-refractivity contribution is -0.140.